The summed E-state index contributed by atoms with van der Waals surface area (Å²) in [7, 11) is 0. The molecule has 1 fully saturated rings. The third kappa shape index (κ3) is 1.47. The molecule has 0 spiro atoms. The predicted molar refractivity (Wildman–Crippen MR) is 58.7 cm³/mol. The van der Waals surface area contributed by atoms with Crippen LogP contribution in [0.15, 0.2) is 35.3 Å². The summed E-state index contributed by atoms with van der Waals surface area (Å²) in [6.45, 7) is 1.08. The van der Waals surface area contributed by atoms with E-state index in [0.717, 1.165) is 18.4 Å². The van der Waals surface area contributed by atoms with Crippen molar-refractivity contribution in [3.63, 3.8) is 0 Å². The van der Waals surface area contributed by atoms with Crippen LogP contribution in [0.2, 0.25) is 0 Å². The van der Waals surface area contributed by atoms with Crippen molar-refractivity contribution < 1.29 is 0 Å². The summed E-state index contributed by atoms with van der Waals surface area (Å²) in [6.07, 6.45) is 4.11. The standard InChI is InChI=1S/C13H15N/c1-2-4-11(5-3-1)13-8-12(9-14-13)10-6-7-10/h1-5,10,12H,6-9H2. The van der Waals surface area contributed by atoms with Gasteiger partial charge in [-0.15, -0.1) is 0 Å². The Bertz CT molecular complexity index is 349. The molecule has 1 nitrogen and oxygen atoms in total. The van der Waals surface area contributed by atoms with Crippen molar-refractivity contribution in [3.8, 4) is 0 Å². The van der Waals surface area contributed by atoms with Gasteiger partial charge in [-0.1, -0.05) is 30.3 Å². The Hall–Kier alpha value is -1.11. The predicted octanol–water partition coefficient (Wildman–Crippen LogP) is 2.91. The summed E-state index contributed by atoms with van der Waals surface area (Å²) in [5, 5.41) is 0. The molecule has 0 aromatic heterocycles. The van der Waals surface area contributed by atoms with Gasteiger partial charge < -0.3 is 0 Å². The third-order valence-corrected chi connectivity index (χ3v) is 3.37. The fourth-order valence-corrected chi connectivity index (χ4v) is 2.33. The van der Waals surface area contributed by atoms with E-state index in [2.05, 4.69) is 35.3 Å². The number of nitrogens with zero attached hydrogens (tertiary/aromatic N) is 1. The zero-order valence-corrected chi connectivity index (χ0v) is 8.32. The van der Waals surface area contributed by atoms with E-state index in [0.29, 0.717) is 0 Å². The van der Waals surface area contributed by atoms with E-state index in [-0.39, 0.29) is 0 Å². The average molecular weight is 185 g/mol. The van der Waals surface area contributed by atoms with E-state index in [9.17, 15) is 0 Å². The van der Waals surface area contributed by atoms with Crippen LogP contribution in [0.3, 0.4) is 0 Å². The lowest BCUT2D eigenvalue weighted by molar-refractivity contribution is 0.518. The fourth-order valence-electron chi connectivity index (χ4n) is 2.33. The molecule has 1 unspecified atom stereocenters. The molecule has 1 aromatic carbocycles. The molecule has 0 amide bonds. The summed E-state index contributed by atoms with van der Waals surface area (Å²) in [5.74, 6) is 1.87. The Morgan fingerprint density at radius 2 is 1.79 bits per heavy atom. The van der Waals surface area contributed by atoms with Crippen molar-refractivity contribution in [1.29, 1.82) is 0 Å². The summed E-state index contributed by atoms with van der Waals surface area (Å²) in [5.41, 5.74) is 2.66. The molecular formula is C13H15N. The first kappa shape index (κ1) is 8.22. The minimum atomic E-state index is 0.866. The molecule has 3 rings (SSSR count). The zero-order valence-electron chi connectivity index (χ0n) is 8.32. The molecule has 0 radical (unpaired) electrons. The van der Waals surface area contributed by atoms with E-state index < -0.39 is 0 Å². The molecule has 1 heterocycles. The minimum Gasteiger partial charge on any atom is -0.289 e. The number of hydrogen-bond donors (Lipinski definition) is 0. The van der Waals surface area contributed by atoms with Gasteiger partial charge in [0.05, 0.1) is 0 Å². The van der Waals surface area contributed by atoms with Crippen LogP contribution < -0.4 is 0 Å². The maximum absolute atomic E-state index is 4.67. The number of benzene rings is 1. The highest BCUT2D eigenvalue weighted by Gasteiger charge is 2.34. The monoisotopic (exact) mass is 185 g/mol. The van der Waals surface area contributed by atoms with Crippen LogP contribution in [-0.2, 0) is 0 Å². The van der Waals surface area contributed by atoms with Crippen LogP contribution in [0.4, 0.5) is 0 Å². The van der Waals surface area contributed by atoms with Gasteiger partial charge in [-0.3, -0.25) is 4.99 Å². The largest absolute Gasteiger partial charge is 0.289 e. The second kappa shape index (κ2) is 3.23. The van der Waals surface area contributed by atoms with Crippen molar-refractivity contribution in [2.45, 2.75) is 19.3 Å². The Morgan fingerprint density at radius 1 is 1.00 bits per heavy atom. The Morgan fingerprint density at radius 3 is 2.50 bits per heavy atom. The van der Waals surface area contributed by atoms with Gasteiger partial charge in [0.25, 0.3) is 0 Å². The van der Waals surface area contributed by atoms with Gasteiger partial charge in [0.15, 0.2) is 0 Å². The van der Waals surface area contributed by atoms with Crippen molar-refractivity contribution in [3.05, 3.63) is 35.9 Å². The van der Waals surface area contributed by atoms with Gasteiger partial charge in [-0.2, -0.15) is 0 Å². The van der Waals surface area contributed by atoms with Crippen LogP contribution >= 0.6 is 0 Å². The van der Waals surface area contributed by atoms with E-state index in [4.69, 9.17) is 0 Å². The molecule has 0 N–H and O–H groups in total. The number of aliphatic imine (C=N–C) groups is 1. The summed E-state index contributed by atoms with van der Waals surface area (Å²) in [6, 6.07) is 10.6. The lowest BCUT2D eigenvalue weighted by Gasteiger charge is -2.05. The van der Waals surface area contributed by atoms with Crippen molar-refractivity contribution in [1.82, 2.24) is 0 Å². The fraction of sp³-hybridized carbons (Fsp3) is 0.462. The highest BCUT2D eigenvalue weighted by Crippen LogP contribution is 2.41. The van der Waals surface area contributed by atoms with Crippen LogP contribution in [0.1, 0.15) is 24.8 Å². The second-order valence-corrected chi connectivity index (χ2v) is 4.46. The van der Waals surface area contributed by atoms with Gasteiger partial charge in [-0.05, 0) is 36.7 Å². The van der Waals surface area contributed by atoms with Crippen LogP contribution in [0.5, 0.6) is 0 Å². The van der Waals surface area contributed by atoms with Gasteiger partial charge in [0.1, 0.15) is 0 Å². The van der Waals surface area contributed by atoms with Gasteiger partial charge >= 0.3 is 0 Å². The van der Waals surface area contributed by atoms with Crippen molar-refractivity contribution >= 4 is 5.71 Å². The molecule has 72 valence electrons. The molecule has 1 aliphatic carbocycles. The lowest BCUT2D eigenvalue weighted by Crippen LogP contribution is -2.04. The molecule has 0 bridgehead atoms. The van der Waals surface area contributed by atoms with Crippen LogP contribution in [0.25, 0.3) is 0 Å². The van der Waals surface area contributed by atoms with Gasteiger partial charge in [0, 0.05) is 12.3 Å². The molecule has 1 aromatic rings. The Balaban J connectivity index is 1.75. The molecule has 1 atom stereocenters. The highest BCUT2D eigenvalue weighted by atomic mass is 14.8. The molecular weight excluding hydrogens is 170 g/mol. The SMILES string of the molecule is c1ccc(C2=NCC(C3CC3)C2)cc1. The van der Waals surface area contributed by atoms with E-state index in [1.807, 2.05) is 0 Å². The molecule has 0 saturated heterocycles. The van der Waals surface area contributed by atoms with Crippen molar-refractivity contribution in [2.24, 2.45) is 16.8 Å². The maximum Gasteiger partial charge on any atom is 0.0427 e. The summed E-state index contributed by atoms with van der Waals surface area (Å²) >= 11 is 0. The molecule has 1 heteroatoms. The first-order valence-electron chi connectivity index (χ1n) is 5.52. The summed E-state index contributed by atoms with van der Waals surface area (Å²) < 4.78 is 0. The Labute approximate surface area is 84.9 Å². The van der Waals surface area contributed by atoms with Crippen LogP contribution in [-0.4, -0.2) is 12.3 Å². The Kier molecular flexibility index (Phi) is 1.90. The molecule has 2 aliphatic rings. The van der Waals surface area contributed by atoms with E-state index in [1.54, 1.807) is 0 Å². The third-order valence-electron chi connectivity index (χ3n) is 3.37. The second-order valence-electron chi connectivity index (χ2n) is 4.46. The minimum absolute atomic E-state index is 0.866. The molecule has 1 aliphatic heterocycles. The average Bonchev–Trinajstić information content (AvgIpc) is 2.98. The molecule has 14 heavy (non-hydrogen) atoms. The maximum atomic E-state index is 4.67. The van der Waals surface area contributed by atoms with Gasteiger partial charge in [0.2, 0.25) is 0 Å². The van der Waals surface area contributed by atoms with Crippen LogP contribution in [0, 0.1) is 11.8 Å². The van der Waals surface area contributed by atoms with Crippen molar-refractivity contribution in [2.75, 3.05) is 6.54 Å². The number of hydrogen-bond acceptors (Lipinski definition) is 1. The molecule has 1 saturated carbocycles. The first-order chi connectivity index (χ1) is 6.93. The zero-order chi connectivity index (χ0) is 9.38. The highest BCUT2D eigenvalue weighted by molar-refractivity contribution is 6.01. The van der Waals surface area contributed by atoms with Gasteiger partial charge in [-0.25, -0.2) is 0 Å². The van der Waals surface area contributed by atoms with E-state index in [1.165, 1.54) is 30.5 Å². The number of rotatable bonds is 2. The first-order valence-corrected chi connectivity index (χ1v) is 5.52. The normalized spacial score (nSPS) is 26.3. The lowest BCUT2D eigenvalue weighted by atomic mass is 9.97. The quantitative estimate of drug-likeness (QED) is 0.671. The summed E-state index contributed by atoms with van der Waals surface area (Å²) in [4.78, 5) is 4.67. The van der Waals surface area contributed by atoms with E-state index >= 15 is 0 Å². The topological polar surface area (TPSA) is 12.4 Å². The smallest absolute Gasteiger partial charge is 0.0427 e.